The van der Waals surface area contributed by atoms with Gasteiger partial charge in [0.1, 0.15) is 17.4 Å². The molecule has 1 heterocycles. The number of H-pyrrole nitrogens is 1. The van der Waals surface area contributed by atoms with Crippen LogP contribution in [-0.4, -0.2) is 11.6 Å². The lowest BCUT2D eigenvalue weighted by Crippen LogP contribution is -2.13. The quantitative estimate of drug-likeness (QED) is 0.678. The van der Waals surface area contributed by atoms with Gasteiger partial charge in [0.15, 0.2) is 0 Å². The standard InChI is InChI=1S/C24H24N2O2/c1-5-28-19-12-8-17(9-13-19)22-14-20(21(15-25)23(27)26-22)16-6-10-18(11-7-16)24(2,3)4/h6-14H,5H2,1-4H3,(H,26,27). The van der Waals surface area contributed by atoms with Crippen LogP contribution in [0.4, 0.5) is 0 Å². The van der Waals surface area contributed by atoms with E-state index in [1.165, 1.54) is 5.56 Å². The predicted molar refractivity (Wildman–Crippen MR) is 113 cm³/mol. The van der Waals surface area contributed by atoms with Crippen molar-refractivity contribution >= 4 is 0 Å². The van der Waals surface area contributed by atoms with Gasteiger partial charge in [0.2, 0.25) is 0 Å². The third kappa shape index (κ3) is 3.99. The van der Waals surface area contributed by atoms with Crippen LogP contribution in [-0.2, 0) is 5.41 Å². The van der Waals surface area contributed by atoms with Crippen molar-refractivity contribution in [3.8, 4) is 34.2 Å². The summed E-state index contributed by atoms with van der Waals surface area (Å²) in [7, 11) is 0. The minimum Gasteiger partial charge on any atom is -0.494 e. The first kappa shape index (κ1) is 19.4. The number of hydrogen-bond donors (Lipinski definition) is 1. The first-order chi connectivity index (χ1) is 13.3. The van der Waals surface area contributed by atoms with Crippen molar-refractivity contribution in [1.82, 2.24) is 4.98 Å². The second kappa shape index (κ2) is 7.74. The summed E-state index contributed by atoms with van der Waals surface area (Å²) in [6.45, 7) is 8.99. The zero-order chi connectivity index (χ0) is 20.3. The van der Waals surface area contributed by atoms with Crippen LogP contribution in [0.2, 0.25) is 0 Å². The molecule has 0 amide bonds. The fraction of sp³-hybridized carbons (Fsp3) is 0.250. The first-order valence-electron chi connectivity index (χ1n) is 9.35. The fourth-order valence-electron chi connectivity index (χ4n) is 3.10. The molecule has 2 aromatic carbocycles. The largest absolute Gasteiger partial charge is 0.494 e. The molecular weight excluding hydrogens is 348 g/mol. The number of pyridine rings is 1. The van der Waals surface area contributed by atoms with Gasteiger partial charge < -0.3 is 9.72 Å². The Hall–Kier alpha value is -3.32. The van der Waals surface area contributed by atoms with Gasteiger partial charge in [-0.05, 0) is 59.4 Å². The van der Waals surface area contributed by atoms with Crippen LogP contribution in [0.1, 0.15) is 38.8 Å². The molecule has 1 aromatic heterocycles. The van der Waals surface area contributed by atoms with Gasteiger partial charge in [-0.15, -0.1) is 0 Å². The molecule has 0 saturated carbocycles. The van der Waals surface area contributed by atoms with E-state index in [9.17, 15) is 10.1 Å². The number of aromatic nitrogens is 1. The van der Waals surface area contributed by atoms with Gasteiger partial charge in [-0.3, -0.25) is 4.79 Å². The summed E-state index contributed by atoms with van der Waals surface area (Å²) in [5, 5.41) is 9.51. The molecule has 0 fully saturated rings. The van der Waals surface area contributed by atoms with Crippen LogP contribution in [0, 0.1) is 11.3 Å². The van der Waals surface area contributed by atoms with Crippen molar-refractivity contribution in [2.75, 3.05) is 6.61 Å². The fourth-order valence-corrected chi connectivity index (χ4v) is 3.10. The molecule has 0 atom stereocenters. The summed E-state index contributed by atoms with van der Waals surface area (Å²) in [5.74, 6) is 0.778. The maximum Gasteiger partial charge on any atom is 0.266 e. The zero-order valence-electron chi connectivity index (χ0n) is 16.7. The highest BCUT2D eigenvalue weighted by Gasteiger charge is 2.16. The highest BCUT2D eigenvalue weighted by atomic mass is 16.5. The number of rotatable bonds is 4. The molecule has 4 nitrogen and oxygen atoms in total. The lowest BCUT2D eigenvalue weighted by Gasteiger charge is -2.19. The highest BCUT2D eigenvalue weighted by molar-refractivity contribution is 5.75. The van der Waals surface area contributed by atoms with Crippen LogP contribution in [0.5, 0.6) is 5.75 Å². The predicted octanol–water partition coefficient (Wildman–Crippen LogP) is 5.28. The van der Waals surface area contributed by atoms with E-state index < -0.39 is 0 Å². The average molecular weight is 372 g/mol. The van der Waals surface area contributed by atoms with Gasteiger partial charge in [0.05, 0.1) is 6.61 Å². The average Bonchev–Trinajstić information content (AvgIpc) is 2.67. The second-order valence-electron chi connectivity index (χ2n) is 7.70. The number of nitrogens with zero attached hydrogens (tertiary/aromatic N) is 1. The molecule has 142 valence electrons. The SMILES string of the molecule is CCOc1ccc(-c2cc(-c3ccc(C(C)(C)C)cc3)c(C#N)c(=O)[nH]2)cc1. The molecule has 0 spiro atoms. The molecule has 28 heavy (non-hydrogen) atoms. The molecular formula is C24H24N2O2. The molecule has 0 aliphatic carbocycles. The lowest BCUT2D eigenvalue weighted by atomic mass is 9.86. The third-order valence-electron chi connectivity index (χ3n) is 4.68. The second-order valence-corrected chi connectivity index (χ2v) is 7.70. The molecule has 0 unspecified atom stereocenters. The Morgan fingerprint density at radius 3 is 2.14 bits per heavy atom. The zero-order valence-corrected chi connectivity index (χ0v) is 16.7. The van der Waals surface area contributed by atoms with Crippen molar-refractivity contribution in [3.05, 3.63) is 76.1 Å². The third-order valence-corrected chi connectivity index (χ3v) is 4.68. The monoisotopic (exact) mass is 372 g/mol. The van der Waals surface area contributed by atoms with Crippen molar-refractivity contribution in [3.63, 3.8) is 0 Å². The summed E-state index contributed by atoms with van der Waals surface area (Å²) in [5.41, 5.74) is 3.99. The number of aromatic amines is 1. The van der Waals surface area contributed by atoms with E-state index in [2.05, 4.69) is 25.8 Å². The molecule has 4 heteroatoms. The van der Waals surface area contributed by atoms with Gasteiger partial charge >= 0.3 is 0 Å². The Bertz CT molecular complexity index is 1060. The van der Waals surface area contributed by atoms with Crippen molar-refractivity contribution in [2.45, 2.75) is 33.1 Å². The summed E-state index contributed by atoms with van der Waals surface area (Å²) in [4.78, 5) is 15.4. The van der Waals surface area contributed by atoms with Crippen LogP contribution in [0.3, 0.4) is 0 Å². The molecule has 0 aliphatic heterocycles. The van der Waals surface area contributed by atoms with E-state index in [1.54, 1.807) is 0 Å². The molecule has 0 bridgehead atoms. The molecule has 0 radical (unpaired) electrons. The molecule has 1 N–H and O–H groups in total. The minimum absolute atomic E-state index is 0.0399. The van der Waals surface area contributed by atoms with Gasteiger partial charge in [-0.25, -0.2) is 0 Å². The summed E-state index contributed by atoms with van der Waals surface area (Å²) in [6, 6.07) is 19.5. The first-order valence-corrected chi connectivity index (χ1v) is 9.35. The molecule has 0 saturated heterocycles. The number of ether oxygens (including phenoxy) is 1. The van der Waals surface area contributed by atoms with E-state index in [1.807, 2.05) is 67.6 Å². The number of nitriles is 1. The molecule has 3 aromatic rings. The van der Waals surface area contributed by atoms with Crippen LogP contribution >= 0.6 is 0 Å². The summed E-state index contributed by atoms with van der Waals surface area (Å²) < 4.78 is 5.47. The van der Waals surface area contributed by atoms with Gasteiger partial charge in [-0.2, -0.15) is 5.26 Å². The van der Waals surface area contributed by atoms with Crippen molar-refractivity contribution in [2.24, 2.45) is 0 Å². The molecule has 0 aliphatic rings. The van der Waals surface area contributed by atoms with Crippen LogP contribution in [0.25, 0.3) is 22.4 Å². The van der Waals surface area contributed by atoms with E-state index in [-0.39, 0.29) is 16.5 Å². The summed E-state index contributed by atoms with van der Waals surface area (Å²) >= 11 is 0. The highest BCUT2D eigenvalue weighted by Crippen LogP contribution is 2.29. The maximum atomic E-state index is 12.5. The Balaban J connectivity index is 2.08. The summed E-state index contributed by atoms with van der Waals surface area (Å²) in [6.07, 6.45) is 0. The van der Waals surface area contributed by atoms with Crippen LogP contribution < -0.4 is 10.3 Å². The number of benzene rings is 2. The van der Waals surface area contributed by atoms with Gasteiger partial charge in [0.25, 0.3) is 5.56 Å². The van der Waals surface area contributed by atoms with E-state index in [4.69, 9.17) is 4.74 Å². The van der Waals surface area contributed by atoms with E-state index in [0.29, 0.717) is 17.9 Å². The van der Waals surface area contributed by atoms with Crippen LogP contribution in [0.15, 0.2) is 59.4 Å². The maximum absolute atomic E-state index is 12.5. The lowest BCUT2D eigenvalue weighted by molar-refractivity contribution is 0.340. The Morgan fingerprint density at radius 2 is 1.61 bits per heavy atom. The van der Waals surface area contributed by atoms with Gasteiger partial charge in [0, 0.05) is 11.3 Å². The number of nitrogens with one attached hydrogen (secondary N) is 1. The normalized spacial score (nSPS) is 11.1. The smallest absolute Gasteiger partial charge is 0.266 e. The molecule has 3 rings (SSSR count). The topological polar surface area (TPSA) is 65.9 Å². The van der Waals surface area contributed by atoms with E-state index >= 15 is 0 Å². The number of hydrogen-bond acceptors (Lipinski definition) is 3. The Labute approximate surface area is 165 Å². The van der Waals surface area contributed by atoms with E-state index in [0.717, 1.165) is 16.9 Å². The minimum atomic E-state index is -0.385. The van der Waals surface area contributed by atoms with Gasteiger partial charge in [-0.1, -0.05) is 45.0 Å². The van der Waals surface area contributed by atoms with Crippen molar-refractivity contribution < 1.29 is 4.74 Å². The van der Waals surface area contributed by atoms with Crippen molar-refractivity contribution in [1.29, 1.82) is 5.26 Å². The Kier molecular flexibility index (Phi) is 5.37. The Morgan fingerprint density at radius 1 is 1.00 bits per heavy atom.